The molecule has 21 heavy (non-hydrogen) atoms. The average Bonchev–Trinajstić information content (AvgIpc) is 3.11. The number of carboxylic acid groups (broad SMARTS) is 1. The van der Waals surface area contributed by atoms with Gasteiger partial charge >= 0.3 is 5.97 Å². The molecule has 4 heterocycles. The highest BCUT2D eigenvalue weighted by Crippen LogP contribution is 2.44. The monoisotopic (exact) mass is 305 g/mol. The maximum absolute atomic E-state index is 11.8. The van der Waals surface area contributed by atoms with E-state index in [2.05, 4.69) is 14.9 Å². The number of fused-ring (bicyclic) bond motifs is 2. The Balaban J connectivity index is 1.75. The Labute approximate surface area is 125 Å². The first-order chi connectivity index (χ1) is 10.2. The van der Waals surface area contributed by atoms with Crippen LogP contribution in [0, 0.1) is 11.3 Å². The number of hydrogen-bond donors (Lipinski definition) is 1. The molecule has 2 atom stereocenters. The number of anilines is 1. The van der Waals surface area contributed by atoms with Crippen LogP contribution in [0.1, 0.15) is 6.42 Å². The van der Waals surface area contributed by atoms with E-state index in [0.717, 1.165) is 29.0 Å². The molecule has 2 fully saturated rings. The summed E-state index contributed by atoms with van der Waals surface area (Å²) in [6, 6.07) is 1.96. The lowest BCUT2D eigenvalue weighted by atomic mass is 9.76. The number of carboxylic acids is 1. The highest BCUT2D eigenvalue weighted by molar-refractivity contribution is 7.17. The van der Waals surface area contributed by atoms with Gasteiger partial charge in [-0.25, -0.2) is 9.97 Å². The SMILES string of the molecule is O=C(O)[C@]12COCC[C@H]1CN(c1ncnc3ccsc13)C2. The van der Waals surface area contributed by atoms with Crippen molar-refractivity contribution in [2.45, 2.75) is 6.42 Å². The third kappa shape index (κ3) is 1.84. The van der Waals surface area contributed by atoms with E-state index in [1.165, 1.54) is 0 Å². The Hall–Kier alpha value is -1.73. The summed E-state index contributed by atoms with van der Waals surface area (Å²) in [4.78, 5) is 22.6. The van der Waals surface area contributed by atoms with E-state index < -0.39 is 11.4 Å². The zero-order chi connectivity index (χ0) is 14.4. The second-order valence-corrected chi connectivity index (χ2v) is 6.63. The van der Waals surface area contributed by atoms with Crippen molar-refractivity contribution in [1.29, 1.82) is 0 Å². The molecule has 0 bridgehead atoms. The Morgan fingerprint density at radius 1 is 1.52 bits per heavy atom. The van der Waals surface area contributed by atoms with E-state index in [1.54, 1.807) is 17.7 Å². The molecule has 4 rings (SSSR count). The smallest absolute Gasteiger partial charge is 0.314 e. The molecule has 6 nitrogen and oxygen atoms in total. The normalized spacial score (nSPS) is 28.8. The summed E-state index contributed by atoms with van der Waals surface area (Å²) in [6.45, 7) is 2.12. The van der Waals surface area contributed by atoms with Crippen molar-refractivity contribution in [3.8, 4) is 0 Å². The predicted octanol–water partition coefficient (Wildman–Crippen LogP) is 1.62. The lowest BCUT2D eigenvalue weighted by Crippen LogP contribution is -2.46. The molecule has 0 saturated carbocycles. The number of ether oxygens (including phenoxy) is 1. The summed E-state index contributed by atoms with van der Waals surface area (Å²) < 4.78 is 6.49. The minimum atomic E-state index is -0.799. The molecular weight excluding hydrogens is 290 g/mol. The molecule has 1 N–H and O–H groups in total. The van der Waals surface area contributed by atoms with Gasteiger partial charge in [-0.3, -0.25) is 4.79 Å². The van der Waals surface area contributed by atoms with Gasteiger partial charge in [-0.2, -0.15) is 0 Å². The van der Waals surface area contributed by atoms with Crippen molar-refractivity contribution in [2.24, 2.45) is 11.3 Å². The van der Waals surface area contributed by atoms with Gasteiger partial charge in [-0.15, -0.1) is 11.3 Å². The van der Waals surface area contributed by atoms with E-state index >= 15 is 0 Å². The molecule has 2 aliphatic heterocycles. The summed E-state index contributed by atoms with van der Waals surface area (Å²) >= 11 is 1.60. The van der Waals surface area contributed by atoms with Gasteiger partial charge in [-0.05, 0) is 23.8 Å². The van der Waals surface area contributed by atoms with Crippen molar-refractivity contribution in [1.82, 2.24) is 9.97 Å². The molecule has 0 aromatic carbocycles. The Morgan fingerprint density at radius 3 is 3.24 bits per heavy atom. The molecule has 2 aliphatic rings. The van der Waals surface area contributed by atoms with Crippen LogP contribution in [0.2, 0.25) is 0 Å². The van der Waals surface area contributed by atoms with Crippen LogP contribution in [-0.4, -0.2) is 47.3 Å². The molecule has 0 unspecified atom stereocenters. The van der Waals surface area contributed by atoms with Crippen LogP contribution in [-0.2, 0) is 9.53 Å². The van der Waals surface area contributed by atoms with Gasteiger partial charge in [0.1, 0.15) is 17.6 Å². The highest BCUT2D eigenvalue weighted by atomic mass is 32.1. The highest BCUT2D eigenvalue weighted by Gasteiger charge is 2.54. The second kappa shape index (κ2) is 4.64. The lowest BCUT2D eigenvalue weighted by molar-refractivity contribution is -0.159. The van der Waals surface area contributed by atoms with Gasteiger partial charge in [0.2, 0.25) is 0 Å². The van der Waals surface area contributed by atoms with E-state index in [9.17, 15) is 9.90 Å². The summed E-state index contributed by atoms with van der Waals surface area (Å²) in [7, 11) is 0. The third-order valence-electron chi connectivity index (χ3n) is 4.62. The second-order valence-electron chi connectivity index (χ2n) is 5.71. The lowest BCUT2D eigenvalue weighted by Gasteiger charge is -2.33. The summed E-state index contributed by atoms with van der Waals surface area (Å²) in [6.07, 6.45) is 2.35. The third-order valence-corrected chi connectivity index (χ3v) is 5.51. The Morgan fingerprint density at radius 2 is 2.43 bits per heavy atom. The first-order valence-electron chi connectivity index (χ1n) is 6.95. The average molecular weight is 305 g/mol. The van der Waals surface area contributed by atoms with Crippen molar-refractivity contribution >= 4 is 33.3 Å². The minimum Gasteiger partial charge on any atom is -0.481 e. The molecule has 110 valence electrons. The van der Waals surface area contributed by atoms with Crippen LogP contribution in [0.5, 0.6) is 0 Å². The van der Waals surface area contributed by atoms with E-state index in [0.29, 0.717) is 19.8 Å². The molecule has 0 amide bonds. The molecule has 0 radical (unpaired) electrons. The van der Waals surface area contributed by atoms with Gasteiger partial charge < -0.3 is 14.7 Å². The first-order valence-corrected chi connectivity index (χ1v) is 7.83. The zero-order valence-electron chi connectivity index (χ0n) is 11.4. The Kier molecular flexibility index (Phi) is 2.87. The van der Waals surface area contributed by atoms with Crippen LogP contribution >= 0.6 is 11.3 Å². The fourth-order valence-electron chi connectivity index (χ4n) is 3.45. The van der Waals surface area contributed by atoms with Crippen molar-refractivity contribution in [3.63, 3.8) is 0 Å². The van der Waals surface area contributed by atoms with E-state index in [4.69, 9.17) is 4.74 Å². The van der Waals surface area contributed by atoms with Gasteiger partial charge in [0.25, 0.3) is 0 Å². The number of hydrogen-bond acceptors (Lipinski definition) is 6. The molecule has 2 aromatic heterocycles. The van der Waals surface area contributed by atoms with Crippen LogP contribution in [0.3, 0.4) is 0 Å². The molecule has 0 aliphatic carbocycles. The molecule has 2 aromatic rings. The largest absolute Gasteiger partial charge is 0.481 e. The van der Waals surface area contributed by atoms with Crippen LogP contribution < -0.4 is 4.90 Å². The van der Waals surface area contributed by atoms with Crippen molar-refractivity contribution in [2.75, 3.05) is 31.2 Å². The molecule has 2 saturated heterocycles. The van der Waals surface area contributed by atoms with E-state index in [-0.39, 0.29) is 5.92 Å². The van der Waals surface area contributed by atoms with Gasteiger partial charge in [0.15, 0.2) is 0 Å². The van der Waals surface area contributed by atoms with Gasteiger partial charge in [0.05, 0.1) is 16.8 Å². The van der Waals surface area contributed by atoms with Gasteiger partial charge in [0, 0.05) is 19.7 Å². The quantitative estimate of drug-likeness (QED) is 0.908. The summed E-state index contributed by atoms with van der Waals surface area (Å²) in [5.74, 6) is 0.213. The van der Waals surface area contributed by atoms with Crippen LogP contribution in [0.25, 0.3) is 10.2 Å². The topological polar surface area (TPSA) is 75.6 Å². The number of carbonyl (C=O) groups is 1. The fourth-order valence-corrected chi connectivity index (χ4v) is 4.31. The number of aliphatic carboxylic acids is 1. The molecular formula is C14H15N3O3S. The Bertz CT molecular complexity index is 704. The summed E-state index contributed by atoms with van der Waals surface area (Å²) in [5, 5.41) is 11.7. The molecule has 0 spiro atoms. The zero-order valence-corrected chi connectivity index (χ0v) is 12.2. The van der Waals surface area contributed by atoms with E-state index in [1.807, 2.05) is 11.4 Å². The number of nitrogens with zero attached hydrogens (tertiary/aromatic N) is 3. The maximum atomic E-state index is 11.8. The first kappa shape index (κ1) is 13.0. The minimum absolute atomic E-state index is 0.119. The fraction of sp³-hybridized carbons (Fsp3) is 0.500. The van der Waals surface area contributed by atoms with Crippen molar-refractivity contribution < 1.29 is 14.6 Å². The van der Waals surface area contributed by atoms with Gasteiger partial charge in [-0.1, -0.05) is 0 Å². The number of aromatic nitrogens is 2. The number of thiophene rings is 1. The maximum Gasteiger partial charge on any atom is 0.314 e. The molecule has 7 heteroatoms. The number of rotatable bonds is 2. The predicted molar refractivity (Wildman–Crippen MR) is 78.6 cm³/mol. The standard InChI is InChI=1S/C14H15N3O3S/c18-13(19)14-6-17(5-9(14)1-3-20-7-14)12-11-10(2-4-21-11)15-8-16-12/h2,4,8-9H,1,3,5-7H2,(H,18,19)/t9-,14+/m0/s1. The van der Waals surface area contributed by atoms with Crippen molar-refractivity contribution in [3.05, 3.63) is 17.8 Å². The van der Waals surface area contributed by atoms with Crippen LogP contribution in [0.4, 0.5) is 5.82 Å². The van der Waals surface area contributed by atoms with Crippen LogP contribution in [0.15, 0.2) is 17.8 Å². The summed E-state index contributed by atoms with van der Waals surface area (Å²) in [5.41, 5.74) is 0.118.